The molecule has 2 heterocycles. The molecule has 1 fully saturated rings. The first kappa shape index (κ1) is 15.6. The number of aromatic amines is 1. The number of nitrogens with zero attached hydrogens (tertiary/aromatic N) is 2. The topological polar surface area (TPSA) is 95.2 Å². The lowest BCUT2D eigenvalue weighted by atomic mass is 10.2. The van der Waals surface area contributed by atoms with Crippen molar-refractivity contribution < 1.29 is 13.2 Å². The Morgan fingerprint density at radius 3 is 2.64 bits per heavy atom. The number of nitrogens with one attached hydrogen (secondary N) is 2. The van der Waals surface area contributed by atoms with Crippen LogP contribution in [0.3, 0.4) is 0 Å². The van der Waals surface area contributed by atoms with Gasteiger partial charge in [-0.25, -0.2) is 8.42 Å². The van der Waals surface area contributed by atoms with Crippen molar-refractivity contribution in [3.8, 4) is 0 Å². The third-order valence-corrected chi connectivity index (χ3v) is 5.64. The molecule has 8 heteroatoms. The fraction of sp³-hybridized carbons (Fsp3) is 0.176. The zero-order valence-corrected chi connectivity index (χ0v) is 14.1. The van der Waals surface area contributed by atoms with E-state index in [4.69, 9.17) is 0 Å². The zero-order chi connectivity index (χ0) is 17.4. The summed E-state index contributed by atoms with van der Waals surface area (Å²) in [6.07, 6.45) is 2.95. The average Bonchev–Trinajstić information content (AvgIpc) is 3.24. The number of benzene rings is 2. The Labute approximate surface area is 144 Å². The van der Waals surface area contributed by atoms with Crippen LogP contribution in [0.15, 0.2) is 53.6 Å². The normalized spacial score (nSPS) is 15.0. The maximum atomic E-state index is 12.6. The van der Waals surface area contributed by atoms with Crippen LogP contribution in [-0.2, 0) is 14.8 Å². The highest BCUT2D eigenvalue weighted by atomic mass is 32.2. The molecule has 1 amide bonds. The van der Waals surface area contributed by atoms with Gasteiger partial charge in [-0.1, -0.05) is 6.07 Å². The first-order valence-corrected chi connectivity index (χ1v) is 9.38. The Balaban J connectivity index is 1.62. The Morgan fingerprint density at radius 1 is 1.12 bits per heavy atom. The van der Waals surface area contributed by atoms with Crippen molar-refractivity contribution in [3.05, 3.63) is 48.7 Å². The van der Waals surface area contributed by atoms with E-state index in [1.54, 1.807) is 35.4 Å². The summed E-state index contributed by atoms with van der Waals surface area (Å²) in [5, 5.41) is 7.44. The molecule has 2 aromatic carbocycles. The van der Waals surface area contributed by atoms with Gasteiger partial charge in [-0.15, -0.1) is 0 Å². The molecule has 2 N–H and O–H groups in total. The molecule has 4 rings (SSSR count). The summed E-state index contributed by atoms with van der Waals surface area (Å²) in [6, 6.07) is 11.6. The van der Waals surface area contributed by atoms with E-state index in [2.05, 4.69) is 14.9 Å². The molecule has 0 radical (unpaired) electrons. The van der Waals surface area contributed by atoms with E-state index in [1.807, 2.05) is 6.07 Å². The van der Waals surface area contributed by atoms with Crippen molar-refractivity contribution in [3.63, 3.8) is 0 Å². The molecular formula is C17H16N4O3S. The van der Waals surface area contributed by atoms with Gasteiger partial charge in [0.2, 0.25) is 5.91 Å². The number of H-pyrrole nitrogens is 1. The Bertz CT molecular complexity index is 1040. The van der Waals surface area contributed by atoms with E-state index in [-0.39, 0.29) is 10.8 Å². The molecule has 1 aromatic heterocycles. The van der Waals surface area contributed by atoms with Crippen molar-refractivity contribution in [2.75, 3.05) is 16.2 Å². The lowest BCUT2D eigenvalue weighted by molar-refractivity contribution is -0.117. The fourth-order valence-electron chi connectivity index (χ4n) is 2.99. The van der Waals surface area contributed by atoms with Crippen LogP contribution in [0.4, 0.5) is 11.4 Å². The number of carbonyl (C=O) groups excluding carboxylic acids is 1. The highest BCUT2D eigenvalue weighted by Crippen LogP contribution is 2.26. The molecule has 128 valence electrons. The first-order valence-electron chi connectivity index (χ1n) is 7.90. The van der Waals surface area contributed by atoms with Crippen molar-refractivity contribution >= 4 is 38.2 Å². The first-order chi connectivity index (χ1) is 12.0. The summed E-state index contributed by atoms with van der Waals surface area (Å²) in [6.45, 7) is 0.672. The van der Waals surface area contributed by atoms with Crippen LogP contribution in [0.5, 0.6) is 0 Å². The number of amides is 1. The van der Waals surface area contributed by atoms with Crippen LogP contribution in [0.2, 0.25) is 0 Å². The highest BCUT2D eigenvalue weighted by Gasteiger charge is 2.22. The van der Waals surface area contributed by atoms with E-state index in [0.29, 0.717) is 24.0 Å². The van der Waals surface area contributed by atoms with E-state index in [9.17, 15) is 13.2 Å². The quantitative estimate of drug-likeness (QED) is 0.751. The summed E-state index contributed by atoms with van der Waals surface area (Å²) in [7, 11) is -3.73. The van der Waals surface area contributed by atoms with E-state index < -0.39 is 10.0 Å². The molecule has 3 aromatic rings. The second-order valence-corrected chi connectivity index (χ2v) is 7.57. The van der Waals surface area contributed by atoms with Gasteiger partial charge in [0.1, 0.15) is 0 Å². The predicted octanol–water partition coefficient (Wildman–Crippen LogP) is 2.49. The fourth-order valence-corrected chi connectivity index (χ4v) is 4.07. The van der Waals surface area contributed by atoms with Crippen LogP contribution >= 0.6 is 0 Å². The van der Waals surface area contributed by atoms with Gasteiger partial charge >= 0.3 is 0 Å². The third-order valence-electron chi connectivity index (χ3n) is 4.26. The molecular weight excluding hydrogens is 340 g/mol. The smallest absolute Gasteiger partial charge is 0.261 e. The van der Waals surface area contributed by atoms with E-state index in [0.717, 1.165) is 17.6 Å². The van der Waals surface area contributed by atoms with Crippen molar-refractivity contribution in [2.24, 2.45) is 0 Å². The summed E-state index contributed by atoms with van der Waals surface area (Å²) >= 11 is 0. The predicted molar refractivity (Wildman–Crippen MR) is 94.9 cm³/mol. The highest BCUT2D eigenvalue weighted by molar-refractivity contribution is 7.92. The lowest BCUT2D eigenvalue weighted by Gasteiger charge is -2.16. The SMILES string of the molecule is O=C1CCCN1c1ccc(S(=O)(=O)Nc2cccc3[nH]ncc23)cc1. The molecule has 0 saturated carbocycles. The van der Waals surface area contributed by atoms with Crippen molar-refractivity contribution in [1.82, 2.24) is 10.2 Å². The average molecular weight is 356 g/mol. The lowest BCUT2D eigenvalue weighted by Crippen LogP contribution is -2.23. The van der Waals surface area contributed by atoms with Crippen LogP contribution in [0.1, 0.15) is 12.8 Å². The molecule has 0 aliphatic carbocycles. The Hall–Kier alpha value is -2.87. The van der Waals surface area contributed by atoms with Gasteiger partial charge in [-0.05, 0) is 42.8 Å². The van der Waals surface area contributed by atoms with E-state index in [1.165, 1.54) is 12.1 Å². The largest absolute Gasteiger partial charge is 0.312 e. The minimum Gasteiger partial charge on any atom is -0.312 e. The number of sulfonamides is 1. The molecule has 0 unspecified atom stereocenters. The molecule has 0 spiro atoms. The van der Waals surface area contributed by atoms with Gasteiger partial charge in [-0.3, -0.25) is 14.6 Å². The van der Waals surface area contributed by atoms with Crippen LogP contribution < -0.4 is 9.62 Å². The number of aromatic nitrogens is 2. The molecule has 0 atom stereocenters. The third kappa shape index (κ3) is 2.85. The number of carbonyl (C=O) groups is 1. The maximum absolute atomic E-state index is 12.6. The molecule has 7 nitrogen and oxygen atoms in total. The molecule has 1 aliphatic rings. The molecule has 1 saturated heterocycles. The van der Waals surface area contributed by atoms with E-state index >= 15 is 0 Å². The summed E-state index contributed by atoms with van der Waals surface area (Å²) in [5.74, 6) is 0.0698. The Morgan fingerprint density at radius 2 is 1.92 bits per heavy atom. The standard InChI is InChI=1S/C17H16N4O3S/c22-17-5-2-10-21(17)12-6-8-13(9-7-12)25(23,24)20-16-4-1-3-15-14(16)11-18-19-15/h1,3-4,6-9,11,20H,2,5,10H2,(H,18,19). The molecule has 25 heavy (non-hydrogen) atoms. The zero-order valence-electron chi connectivity index (χ0n) is 13.3. The maximum Gasteiger partial charge on any atom is 0.261 e. The van der Waals surface area contributed by atoms with Gasteiger partial charge in [0.15, 0.2) is 0 Å². The van der Waals surface area contributed by atoms with Gasteiger partial charge in [0.05, 0.1) is 22.3 Å². The van der Waals surface area contributed by atoms with Crippen molar-refractivity contribution in [2.45, 2.75) is 17.7 Å². The number of rotatable bonds is 4. The summed E-state index contributed by atoms with van der Waals surface area (Å²) in [4.78, 5) is 13.6. The minimum absolute atomic E-state index is 0.0698. The minimum atomic E-state index is -3.73. The second kappa shape index (κ2) is 5.89. The van der Waals surface area contributed by atoms with Gasteiger partial charge in [-0.2, -0.15) is 5.10 Å². The molecule has 1 aliphatic heterocycles. The van der Waals surface area contributed by atoms with Gasteiger partial charge < -0.3 is 4.90 Å². The van der Waals surface area contributed by atoms with Crippen LogP contribution in [0.25, 0.3) is 10.9 Å². The van der Waals surface area contributed by atoms with Crippen molar-refractivity contribution in [1.29, 1.82) is 0 Å². The van der Waals surface area contributed by atoms with Gasteiger partial charge in [0, 0.05) is 24.0 Å². The number of hydrogen-bond acceptors (Lipinski definition) is 4. The van der Waals surface area contributed by atoms with Crippen LogP contribution in [-0.4, -0.2) is 31.1 Å². The summed E-state index contributed by atoms with van der Waals surface area (Å²) in [5.41, 5.74) is 1.94. The molecule has 0 bridgehead atoms. The summed E-state index contributed by atoms with van der Waals surface area (Å²) < 4.78 is 27.9. The van der Waals surface area contributed by atoms with Gasteiger partial charge in [0.25, 0.3) is 10.0 Å². The Kier molecular flexibility index (Phi) is 3.69. The number of hydrogen-bond donors (Lipinski definition) is 2. The number of fused-ring (bicyclic) bond motifs is 1. The number of anilines is 2. The monoisotopic (exact) mass is 356 g/mol. The second-order valence-electron chi connectivity index (χ2n) is 5.89. The van der Waals surface area contributed by atoms with Crippen LogP contribution in [0, 0.1) is 0 Å².